The lowest BCUT2D eigenvalue weighted by atomic mass is 9.75. The first kappa shape index (κ1) is 23.9. The maximum atomic E-state index is 12.6. The number of hydrogen-bond donors (Lipinski definition) is 2. The van der Waals surface area contributed by atoms with Gasteiger partial charge in [-0.3, -0.25) is 14.5 Å². The van der Waals surface area contributed by atoms with Gasteiger partial charge in [0.1, 0.15) is 12.4 Å². The molecule has 3 N–H and O–H groups in total. The molecular formula is C23H34N2O5. The molecule has 1 saturated carbocycles. The summed E-state index contributed by atoms with van der Waals surface area (Å²) in [6.07, 6.45) is 0.348. The number of hydrogen-bond acceptors (Lipinski definition) is 5. The minimum absolute atomic E-state index is 0.0672. The van der Waals surface area contributed by atoms with E-state index in [2.05, 4.69) is 0 Å². The van der Waals surface area contributed by atoms with Crippen LogP contribution in [0, 0.1) is 11.8 Å². The van der Waals surface area contributed by atoms with Gasteiger partial charge in [0.2, 0.25) is 0 Å². The van der Waals surface area contributed by atoms with Crippen molar-refractivity contribution in [3.8, 4) is 0 Å². The summed E-state index contributed by atoms with van der Waals surface area (Å²) in [5.41, 5.74) is 6.08. The molecule has 1 aliphatic rings. The summed E-state index contributed by atoms with van der Waals surface area (Å²) in [5, 5.41) is 9.94. The first-order valence-electron chi connectivity index (χ1n) is 10.5. The highest BCUT2D eigenvalue weighted by Gasteiger charge is 2.43. The Bertz CT molecular complexity index is 747. The summed E-state index contributed by atoms with van der Waals surface area (Å²) in [4.78, 5) is 38.5. The van der Waals surface area contributed by atoms with E-state index < -0.39 is 17.6 Å². The smallest absolute Gasteiger partial charge is 0.408 e. The minimum atomic E-state index is -1.10. The van der Waals surface area contributed by atoms with Crippen LogP contribution in [0.5, 0.6) is 0 Å². The second-order valence-corrected chi connectivity index (χ2v) is 9.08. The average Bonchev–Trinajstić information content (AvgIpc) is 2.67. The van der Waals surface area contributed by atoms with Crippen molar-refractivity contribution in [2.45, 2.75) is 77.6 Å². The zero-order chi connectivity index (χ0) is 22.5. The van der Waals surface area contributed by atoms with Crippen LogP contribution in [-0.2, 0) is 20.9 Å². The van der Waals surface area contributed by atoms with Crippen molar-refractivity contribution in [3.05, 3.63) is 35.9 Å². The van der Waals surface area contributed by atoms with E-state index in [1.165, 1.54) is 4.90 Å². The standard InChI is InChI=1S/C23H34N2O5/c1-15(2)21(27)18-12-17(10-11-19(18)24)25(22(28)29)23(3,4)13-20(26)30-14-16-8-6-5-7-9-16/h5-9,15,17-19H,10-14,24H2,1-4H3,(H,28,29)/t17-,18-,19+/m1/s1. The van der Waals surface area contributed by atoms with Gasteiger partial charge in [0, 0.05) is 23.9 Å². The molecule has 166 valence electrons. The Labute approximate surface area is 178 Å². The third-order valence-corrected chi connectivity index (χ3v) is 5.85. The van der Waals surface area contributed by atoms with Crippen molar-refractivity contribution in [1.29, 1.82) is 0 Å². The van der Waals surface area contributed by atoms with Crippen LogP contribution in [0.3, 0.4) is 0 Å². The lowest BCUT2D eigenvalue weighted by molar-refractivity contribution is -0.148. The third kappa shape index (κ3) is 6.05. The maximum absolute atomic E-state index is 12.6. The Hall–Kier alpha value is -2.41. The van der Waals surface area contributed by atoms with Gasteiger partial charge in [-0.1, -0.05) is 44.2 Å². The largest absolute Gasteiger partial charge is 0.465 e. The van der Waals surface area contributed by atoms with E-state index in [0.717, 1.165) is 5.56 Å². The van der Waals surface area contributed by atoms with Gasteiger partial charge >= 0.3 is 12.1 Å². The molecule has 1 amide bonds. The van der Waals surface area contributed by atoms with Crippen LogP contribution in [0.25, 0.3) is 0 Å². The van der Waals surface area contributed by atoms with Crippen molar-refractivity contribution in [3.63, 3.8) is 0 Å². The molecule has 30 heavy (non-hydrogen) atoms. The van der Waals surface area contributed by atoms with Gasteiger partial charge in [0.05, 0.1) is 12.0 Å². The summed E-state index contributed by atoms with van der Waals surface area (Å²) in [7, 11) is 0. The molecule has 1 aliphatic carbocycles. The van der Waals surface area contributed by atoms with Gasteiger partial charge in [0.25, 0.3) is 0 Å². The molecule has 3 atom stereocenters. The van der Waals surface area contributed by atoms with Crippen molar-refractivity contribution < 1.29 is 24.2 Å². The van der Waals surface area contributed by atoms with E-state index in [-0.39, 0.29) is 42.7 Å². The quantitative estimate of drug-likeness (QED) is 0.624. The van der Waals surface area contributed by atoms with Gasteiger partial charge in [-0.05, 0) is 38.7 Å². The van der Waals surface area contributed by atoms with E-state index in [4.69, 9.17) is 10.5 Å². The fraction of sp³-hybridized carbons (Fsp3) is 0.609. The molecule has 0 radical (unpaired) electrons. The summed E-state index contributed by atoms with van der Waals surface area (Å²) in [5.74, 6) is -0.916. The molecule has 2 rings (SSSR count). The Morgan fingerprint density at radius 3 is 2.40 bits per heavy atom. The predicted octanol–water partition coefficient (Wildman–Crippen LogP) is 3.60. The lowest BCUT2D eigenvalue weighted by Crippen LogP contribution is -2.57. The molecule has 0 aromatic heterocycles. The monoisotopic (exact) mass is 418 g/mol. The molecular weight excluding hydrogens is 384 g/mol. The zero-order valence-corrected chi connectivity index (χ0v) is 18.3. The lowest BCUT2D eigenvalue weighted by Gasteiger charge is -2.45. The van der Waals surface area contributed by atoms with E-state index in [9.17, 15) is 19.5 Å². The number of nitrogens with two attached hydrogens (primary N) is 1. The molecule has 1 aromatic rings. The number of benzene rings is 1. The molecule has 0 bridgehead atoms. The molecule has 0 saturated heterocycles. The number of amides is 1. The van der Waals surface area contributed by atoms with Crippen LogP contribution < -0.4 is 5.73 Å². The van der Waals surface area contributed by atoms with Crippen LogP contribution >= 0.6 is 0 Å². The Balaban J connectivity index is 2.08. The fourth-order valence-corrected chi connectivity index (χ4v) is 4.30. The Morgan fingerprint density at radius 1 is 1.20 bits per heavy atom. The second-order valence-electron chi connectivity index (χ2n) is 9.08. The summed E-state index contributed by atoms with van der Waals surface area (Å²) < 4.78 is 5.36. The molecule has 7 nitrogen and oxygen atoms in total. The van der Waals surface area contributed by atoms with Crippen LogP contribution in [0.1, 0.15) is 58.9 Å². The Kier molecular flexibility index (Phi) is 8.01. The highest BCUT2D eigenvalue weighted by atomic mass is 16.5. The number of rotatable bonds is 8. The average molecular weight is 419 g/mol. The predicted molar refractivity (Wildman–Crippen MR) is 114 cm³/mol. The van der Waals surface area contributed by atoms with Crippen molar-refractivity contribution >= 4 is 17.8 Å². The van der Waals surface area contributed by atoms with Crippen LogP contribution in [0.4, 0.5) is 4.79 Å². The fourth-order valence-electron chi connectivity index (χ4n) is 4.30. The van der Waals surface area contributed by atoms with Gasteiger partial charge in [-0.2, -0.15) is 0 Å². The van der Waals surface area contributed by atoms with Crippen molar-refractivity contribution in [2.24, 2.45) is 17.6 Å². The molecule has 7 heteroatoms. The maximum Gasteiger partial charge on any atom is 0.408 e. The van der Waals surface area contributed by atoms with Gasteiger partial charge in [-0.25, -0.2) is 4.79 Å². The van der Waals surface area contributed by atoms with Crippen LogP contribution in [-0.4, -0.2) is 45.5 Å². The number of Topliss-reactive ketones (excluding diaryl/α,β-unsaturated/α-hetero) is 1. The number of carboxylic acid groups (broad SMARTS) is 1. The molecule has 0 heterocycles. The second kappa shape index (κ2) is 10.1. The van der Waals surface area contributed by atoms with E-state index in [0.29, 0.717) is 19.3 Å². The van der Waals surface area contributed by atoms with Gasteiger partial charge in [0.15, 0.2) is 0 Å². The highest BCUT2D eigenvalue weighted by molar-refractivity contribution is 5.83. The number of esters is 1. The highest BCUT2D eigenvalue weighted by Crippen LogP contribution is 2.34. The van der Waals surface area contributed by atoms with Gasteiger partial charge in [-0.15, -0.1) is 0 Å². The number of carbonyl (C=O) groups is 3. The first-order chi connectivity index (χ1) is 14.0. The van der Waals surface area contributed by atoms with Crippen molar-refractivity contribution in [2.75, 3.05) is 0 Å². The number of ketones is 1. The van der Waals surface area contributed by atoms with E-state index in [1.54, 1.807) is 13.8 Å². The normalized spacial score (nSPS) is 21.9. The first-order valence-corrected chi connectivity index (χ1v) is 10.5. The number of nitrogens with zero attached hydrogens (tertiary/aromatic N) is 1. The topological polar surface area (TPSA) is 110 Å². The number of ether oxygens (including phenoxy) is 1. The summed E-state index contributed by atoms with van der Waals surface area (Å²) in [6.45, 7) is 7.25. The molecule has 1 aromatic carbocycles. The summed E-state index contributed by atoms with van der Waals surface area (Å²) >= 11 is 0. The molecule has 0 unspecified atom stereocenters. The minimum Gasteiger partial charge on any atom is -0.465 e. The molecule has 0 spiro atoms. The Morgan fingerprint density at radius 2 is 1.83 bits per heavy atom. The third-order valence-electron chi connectivity index (χ3n) is 5.85. The van der Waals surface area contributed by atoms with Crippen LogP contribution in [0.15, 0.2) is 30.3 Å². The number of carbonyl (C=O) groups excluding carboxylic acids is 2. The summed E-state index contributed by atoms with van der Waals surface area (Å²) in [6, 6.07) is 8.70. The van der Waals surface area contributed by atoms with Gasteiger partial charge < -0.3 is 15.6 Å². The van der Waals surface area contributed by atoms with E-state index >= 15 is 0 Å². The van der Waals surface area contributed by atoms with Crippen molar-refractivity contribution in [1.82, 2.24) is 4.90 Å². The van der Waals surface area contributed by atoms with Crippen LogP contribution in [0.2, 0.25) is 0 Å². The van der Waals surface area contributed by atoms with E-state index in [1.807, 2.05) is 44.2 Å². The molecule has 0 aliphatic heterocycles. The SMILES string of the molecule is CC(C)C(=O)[C@@H]1C[C@H](N(C(=O)O)C(C)(C)CC(=O)OCc2ccccc2)CC[C@@H]1N. The molecule has 1 fully saturated rings. The zero-order valence-electron chi connectivity index (χ0n) is 18.3.